The van der Waals surface area contributed by atoms with Crippen molar-refractivity contribution in [1.82, 2.24) is 0 Å². The van der Waals surface area contributed by atoms with Gasteiger partial charge in [-0.05, 0) is 25.2 Å². The fourth-order valence-electron chi connectivity index (χ4n) is 5.70. The second-order valence-corrected chi connectivity index (χ2v) is 11.4. The number of carboxylic acid groups (broad SMARTS) is 1. The molecule has 0 unspecified atom stereocenters. The molecule has 0 heterocycles. The van der Waals surface area contributed by atoms with Crippen LogP contribution in [-0.2, 0) is 4.79 Å². The molecular formula is C32H64O2. The van der Waals surface area contributed by atoms with E-state index in [0.29, 0.717) is 0 Å². The van der Waals surface area contributed by atoms with Gasteiger partial charge < -0.3 is 5.11 Å². The highest BCUT2D eigenvalue weighted by molar-refractivity contribution is 5.74. The lowest BCUT2D eigenvalue weighted by atomic mass is 9.74. The number of hydrogen-bond acceptors (Lipinski definition) is 1. The van der Waals surface area contributed by atoms with Crippen LogP contribution in [0, 0.1) is 11.3 Å². The average molecular weight is 481 g/mol. The molecule has 0 aromatic carbocycles. The van der Waals surface area contributed by atoms with Crippen LogP contribution >= 0.6 is 0 Å². The second-order valence-electron chi connectivity index (χ2n) is 11.4. The van der Waals surface area contributed by atoms with Crippen LogP contribution in [0.15, 0.2) is 0 Å². The van der Waals surface area contributed by atoms with E-state index in [9.17, 15) is 9.90 Å². The first-order valence-electron chi connectivity index (χ1n) is 15.8. The topological polar surface area (TPSA) is 37.3 Å². The third kappa shape index (κ3) is 17.8. The largest absolute Gasteiger partial charge is 0.481 e. The molecule has 0 fully saturated rings. The third-order valence-corrected chi connectivity index (χ3v) is 8.17. The van der Waals surface area contributed by atoms with Crippen LogP contribution in [0.3, 0.4) is 0 Å². The maximum absolute atomic E-state index is 12.5. The average Bonchev–Trinajstić information content (AvgIpc) is 2.83. The molecule has 0 bridgehead atoms. The number of unbranched alkanes of at least 4 members (excludes halogenated alkanes) is 14. The van der Waals surface area contributed by atoms with Gasteiger partial charge in [0.1, 0.15) is 0 Å². The van der Waals surface area contributed by atoms with Gasteiger partial charge in [-0.1, -0.05) is 169 Å². The lowest BCUT2D eigenvalue weighted by Gasteiger charge is -2.30. The van der Waals surface area contributed by atoms with E-state index in [2.05, 4.69) is 27.7 Å². The standard InChI is InChI=1S/C32H64O2/c1-5-9-13-18-24-30(25-19-14-10-6-2)26-20-17-23-29-32(31(33)34,27-21-15-11-7-3)28-22-16-12-8-4/h30H,5-29H2,1-4H3,(H,33,34). The molecule has 1 N–H and O–H groups in total. The van der Waals surface area contributed by atoms with Crippen LogP contribution in [0.5, 0.6) is 0 Å². The van der Waals surface area contributed by atoms with Gasteiger partial charge in [-0.3, -0.25) is 4.79 Å². The smallest absolute Gasteiger partial charge is 0.309 e. The van der Waals surface area contributed by atoms with Gasteiger partial charge in [-0.15, -0.1) is 0 Å². The van der Waals surface area contributed by atoms with E-state index in [1.165, 1.54) is 122 Å². The molecule has 0 amide bonds. The first-order chi connectivity index (χ1) is 16.6. The molecule has 0 aromatic heterocycles. The normalized spacial score (nSPS) is 12.0. The zero-order valence-electron chi connectivity index (χ0n) is 24.1. The molecule has 34 heavy (non-hydrogen) atoms. The Labute approximate surface area is 215 Å². The lowest BCUT2D eigenvalue weighted by molar-refractivity contribution is -0.150. The molecular weight excluding hydrogens is 416 g/mol. The molecule has 2 heteroatoms. The molecule has 204 valence electrons. The number of aliphatic carboxylic acids is 1. The molecule has 0 saturated heterocycles. The minimum Gasteiger partial charge on any atom is -0.481 e. The molecule has 0 radical (unpaired) electrons. The summed E-state index contributed by atoms with van der Waals surface area (Å²) < 4.78 is 0. The summed E-state index contributed by atoms with van der Waals surface area (Å²) in [6.45, 7) is 9.06. The summed E-state index contributed by atoms with van der Waals surface area (Å²) in [5.74, 6) is 0.395. The van der Waals surface area contributed by atoms with Crippen LogP contribution in [0.4, 0.5) is 0 Å². The lowest BCUT2D eigenvalue weighted by Crippen LogP contribution is -2.31. The van der Waals surface area contributed by atoms with Gasteiger partial charge in [-0.25, -0.2) is 0 Å². The van der Waals surface area contributed by atoms with Crippen molar-refractivity contribution in [2.45, 2.75) is 188 Å². The van der Waals surface area contributed by atoms with Crippen LogP contribution in [-0.4, -0.2) is 11.1 Å². The minimum atomic E-state index is -0.509. The summed E-state index contributed by atoms with van der Waals surface area (Å²) in [6, 6.07) is 0. The van der Waals surface area contributed by atoms with Crippen molar-refractivity contribution in [1.29, 1.82) is 0 Å². The number of carboxylic acids is 1. The maximum Gasteiger partial charge on any atom is 0.309 e. The van der Waals surface area contributed by atoms with E-state index >= 15 is 0 Å². The van der Waals surface area contributed by atoms with Gasteiger partial charge in [0.25, 0.3) is 0 Å². The molecule has 0 aliphatic carbocycles. The van der Waals surface area contributed by atoms with Crippen molar-refractivity contribution >= 4 is 5.97 Å². The summed E-state index contributed by atoms with van der Waals surface area (Å²) in [6.07, 6.45) is 31.0. The highest BCUT2D eigenvalue weighted by atomic mass is 16.4. The molecule has 0 aliphatic heterocycles. The van der Waals surface area contributed by atoms with Crippen molar-refractivity contribution in [2.75, 3.05) is 0 Å². The number of carbonyl (C=O) groups is 1. The van der Waals surface area contributed by atoms with E-state index in [-0.39, 0.29) is 0 Å². The molecule has 0 aromatic rings. The first-order valence-corrected chi connectivity index (χ1v) is 15.8. The minimum absolute atomic E-state index is 0.457. The van der Waals surface area contributed by atoms with Crippen molar-refractivity contribution in [3.8, 4) is 0 Å². The van der Waals surface area contributed by atoms with Crippen molar-refractivity contribution < 1.29 is 9.90 Å². The number of hydrogen-bond donors (Lipinski definition) is 1. The summed E-state index contributed by atoms with van der Waals surface area (Å²) in [4.78, 5) is 12.5. The predicted molar refractivity (Wildman–Crippen MR) is 152 cm³/mol. The van der Waals surface area contributed by atoms with Crippen molar-refractivity contribution in [3.63, 3.8) is 0 Å². The summed E-state index contributed by atoms with van der Waals surface area (Å²) >= 11 is 0. The third-order valence-electron chi connectivity index (χ3n) is 8.17. The summed E-state index contributed by atoms with van der Waals surface area (Å²) in [7, 11) is 0. The van der Waals surface area contributed by atoms with E-state index in [4.69, 9.17) is 0 Å². The Morgan fingerprint density at radius 2 is 0.794 bits per heavy atom. The first kappa shape index (κ1) is 33.5. The monoisotopic (exact) mass is 480 g/mol. The molecule has 0 saturated carbocycles. The van der Waals surface area contributed by atoms with Crippen LogP contribution in [0.25, 0.3) is 0 Å². The molecule has 0 aliphatic rings. The van der Waals surface area contributed by atoms with Crippen molar-refractivity contribution in [2.24, 2.45) is 11.3 Å². The Kier molecular flexibility index (Phi) is 23.8. The van der Waals surface area contributed by atoms with E-state index < -0.39 is 11.4 Å². The van der Waals surface area contributed by atoms with Gasteiger partial charge in [0.15, 0.2) is 0 Å². The highest BCUT2D eigenvalue weighted by Gasteiger charge is 2.36. The van der Waals surface area contributed by atoms with Gasteiger partial charge in [0.05, 0.1) is 5.41 Å². The zero-order valence-corrected chi connectivity index (χ0v) is 24.1. The molecule has 0 spiro atoms. The summed E-state index contributed by atoms with van der Waals surface area (Å²) in [5.41, 5.74) is -0.457. The fourth-order valence-corrected chi connectivity index (χ4v) is 5.70. The van der Waals surface area contributed by atoms with Crippen LogP contribution in [0.1, 0.15) is 188 Å². The van der Waals surface area contributed by atoms with Crippen LogP contribution < -0.4 is 0 Å². The molecule has 0 atom stereocenters. The number of rotatable bonds is 27. The zero-order chi connectivity index (χ0) is 25.3. The maximum atomic E-state index is 12.5. The fraction of sp³-hybridized carbons (Fsp3) is 0.969. The van der Waals surface area contributed by atoms with E-state index in [0.717, 1.165) is 44.4 Å². The Hall–Kier alpha value is -0.530. The van der Waals surface area contributed by atoms with Crippen LogP contribution in [0.2, 0.25) is 0 Å². The van der Waals surface area contributed by atoms with Gasteiger partial charge in [0.2, 0.25) is 0 Å². The molecule has 2 nitrogen and oxygen atoms in total. The van der Waals surface area contributed by atoms with Crippen molar-refractivity contribution in [3.05, 3.63) is 0 Å². The Morgan fingerprint density at radius 3 is 1.09 bits per heavy atom. The van der Waals surface area contributed by atoms with E-state index in [1.807, 2.05) is 0 Å². The Morgan fingerprint density at radius 1 is 0.500 bits per heavy atom. The van der Waals surface area contributed by atoms with Gasteiger partial charge >= 0.3 is 5.97 Å². The Bertz CT molecular complexity index is 407. The summed E-state index contributed by atoms with van der Waals surface area (Å²) in [5, 5.41) is 10.3. The van der Waals surface area contributed by atoms with E-state index in [1.54, 1.807) is 0 Å². The predicted octanol–water partition coefficient (Wildman–Crippen LogP) is 11.5. The van der Waals surface area contributed by atoms with Gasteiger partial charge in [-0.2, -0.15) is 0 Å². The second kappa shape index (κ2) is 24.2. The molecule has 0 rings (SSSR count). The highest BCUT2D eigenvalue weighted by Crippen LogP contribution is 2.38. The SMILES string of the molecule is CCCCCCC(CCCCCC)CCCCCC(CCCCCC)(CCCCCC)C(=O)O. The Balaban J connectivity index is 4.62. The quantitative estimate of drug-likeness (QED) is 0.119. The van der Waals surface area contributed by atoms with Gasteiger partial charge in [0, 0.05) is 0 Å².